The predicted molar refractivity (Wildman–Crippen MR) is 105 cm³/mol. The number of hydrogen-bond donors (Lipinski definition) is 0. The highest BCUT2D eigenvalue weighted by Crippen LogP contribution is 2.56. The van der Waals surface area contributed by atoms with E-state index < -0.39 is 0 Å². The van der Waals surface area contributed by atoms with Crippen LogP contribution in [0.5, 0.6) is 0 Å². The third-order valence-electron chi connectivity index (χ3n) is 6.40. The van der Waals surface area contributed by atoms with Gasteiger partial charge < -0.3 is 0 Å². The first-order valence-corrected chi connectivity index (χ1v) is 10.3. The zero-order valence-corrected chi connectivity index (χ0v) is 16.8. The van der Waals surface area contributed by atoms with E-state index in [-0.39, 0.29) is 0 Å². The van der Waals surface area contributed by atoms with Crippen LogP contribution in [0.2, 0.25) is 0 Å². The van der Waals surface area contributed by atoms with Crippen LogP contribution in [-0.2, 0) is 6.42 Å². The molecule has 2 aliphatic rings. The Morgan fingerprint density at radius 2 is 1.65 bits per heavy atom. The first kappa shape index (κ1) is 20.3. The van der Waals surface area contributed by atoms with Crippen molar-refractivity contribution in [3.63, 3.8) is 0 Å². The molecule has 3 unspecified atom stereocenters. The fraction of sp³-hybridized carbons (Fsp3) is 0.739. The molecule has 0 heterocycles. The Morgan fingerprint density at radius 1 is 1.00 bits per heavy atom. The molecule has 4 atom stereocenters. The average molecular weight is 317 g/mol. The predicted octanol–water partition coefficient (Wildman–Crippen LogP) is 7.62. The number of benzene rings is 1. The summed E-state index contributed by atoms with van der Waals surface area (Å²) in [6.07, 6.45) is 8.31. The normalized spacial score (nSPS) is 31.5. The number of rotatable bonds is 2. The van der Waals surface area contributed by atoms with Gasteiger partial charge in [-0.05, 0) is 60.0 Å². The van der Waals surface area contributed by atoms with Crippen LogP contribution in [0.4, 0.5) is 0 Å². The van der Waals surface area contributed by atoms with Gasteiger partial charge in [-0.25, -0.2) is 0 Å². The van der Waals surface area contributed by atoms with Crippen molar-refractivity contribution in [2.45, 2.75) is 92.9 Å². The second-order valence-corrected chi connectivity index (χ2v) is 7.07. The van der Waals surface area contributed by atoms with Gasteiger partial charge in [0.05, 0.1) is 0 Å². The lowest BCUT2D eigenvalue weighted by Gasteiger charge is -2.52. The minimum Gasteiger partial charge on any atom is -0.0683 e. The van der Waals surface area contributed by atoms with Crippen molar-refractivity contribution in [3.8, 4) is 0 Å². The molecule has 132 valence electrons. The first-order valence-electron chi connectivity index (χ1n) is 10.3. The van der Waals surface area contributed by atoms with Gasteiger partial charge in [-0.1, -0.05) is 85.6 Å². The highest BCUT2D eigenvalue weighted by molar-refractivity contribution is 5.34. The van der Waals surface area contributed by atoms with Gasteiger partial charge in [0.2, 0.25) is 0 Å². The fourth-order valence-electron chi connectivity index (χ4n) is 5.15. The second kappa shape index (κ2) is 9.50. The van der Waals surface area contributed by atoms with Crippen LogP contribution in [0.25, 0.3) is 0 Å². The summed E-state index contributed by atoms with van der Waals surface area (Å²) in [6, 6.07) is 9.23. The zero-order chi connectivity index (χ0) is 17.5. The van der Waals surface area contributed by atoms with Crippen molar-refractivity contribution in [1.29, 1.82) is 0 Å². The molecule has 23 heavy (non-hydrogen) atoms. The van der Waals surface area contributed by atoms with E-state index in [2.05, 4.69) is 45.0 Å². The van der Waals surface area contributed by atoms with Crippen molar-refractivity contribution in [3.05, 3.63) is 35.4 Å². The van der Waals surface area contributed by atoms with Gasteiger partial charge in [-0.15, -0.1) is 0 Å². The molecule has 0 aliphatic heterocycles. The van der Waals surface area contributed by atoms with Gasteiger partial charge in [-0.3, -0.25) is 0 Å². The molecule has 1 fully saturated rings. The summed E-state index contributed by atoms with van der Waals surface area (Å²) >= 11 is 0. The lowest BCUT2D eigenvalue weighted by molar-refractivity contribution is 0.0256. The number of fused-ring (bicyclic) bond motifs is 3. The van der Waals surface area contributed by atoms with Crippen LogP contribution in [0.3, 0.4) is 0 Å². The first-order chi connectivity index (χ1) is 11.2. The molecule has 0 saturated heterocycles. The Balaban J connectivity index is 0.000000615. The van der Waals surface area contributed by atoms with E-state index in [0.717, 1.165) is 17.8 Å². The Bertz CT molecular complexity index is 447. The van der Waals surface area contributed by atoms with E-state index in [0.29, 0.717) is 5.41 Å². The monoisotopic (exact) mass is 316 g/mol. The Labute approximate surface area is 146 Å². The Morgan fingerprint density at radius 3 is 2.26 bits per heavy atom. The summed E-state index contributed by atoms with van der Waals surface area (Å²) in [4.78, 5) is 0. The molecule has 0 radical (unpaired) electrons. The van der Waals surface area contributed by atoms with E-state index in [9.17, 15) is 0 Å². The molecule has 3 rings (SSSR count). The van der Waals surface area contributed by atoms with Gasteiger partial charge in [0.15, 0.2) is 0 Å². The molecule has 0 heteroatoms. The minimum atomic E-state index is 0.599. The average Bonchev–Trinajstić information content (AvgIpc) is 2.64. The molecule has 2 aliphatic carbocycles. The molecule has 1 aromatic carbocycles. The number of hydrogen-bond acceptors (Lipinski definition) is 0. The van der Waals surface area contributed by atoms with Crippen molar-refractivity contribution < 1.29 is 0 Å². The highest BCUT2D eigenvalue weighted by Gasteiger charge is 2.46. The lowest BCUT2D eigenvalue weighted by Crippen LogP contribution is -2.42. The maximum Gasteiger partial charge on any atom is -0.0128 e. The minimum absolute atomic E-state index is 0.599. The Hall–Kier alpha value is -0.780. The second-order valence-electron chi connectivity index (χ2n) is 7.07. The topological polar surface area (TPSA) is 0 Å². The third kappa shape index (κ3) is 4.01. The van der Waals surface area contributed by atoms with Crippen LogP contribution in [0, 0.1) is 17.3 Å². The van der Waals surface area contributed by atoms with Crippen LogP contribution >= 0.6 is 0 Å². The SMILES string of the molecule is CC.CC.CCC1C2CCc3ccccc3C2CC[C@]1(C)CC. The highest BCUT2D eigenvalue weighted by atomic mass is 14.5. The summed E-state index contributed by atoms with van der Waals surface area (Å²) in [5, 5.41) is 0. The van der Waals surface area contributed by atoms with E-state index in [1.54, 1.807) is 11.1 Å². The van der Waals surface area contributed by atoms with Crippen LogP contribution in [-0.4, -0.2) is 0 Å². The molecular weight excluding hydrogens is 276 g/mol. The van der Waals surface area contributed by atoms with Crippen molar-refractivity contribution in [2.75, 3.05) is 0 Å². The smallest absolute Gasteiger partial charge is 0.0128 e. The van der Waals surface area contributed by atoms with Crippen LogP contribution in [0.15, 0.2) is 24.3 Å². The van der Waals surface area contributed by atoms with E-state index in [1.165, 1.54) is 38.5 Å². The lowest BCUT2D eigenvalue weighted by atomic mass is 9.53. The molecule has 0 aromatic heterocycles. The summed E-state index contributed by atoms with van der Waals surface area (Å²) in [7, 11) is 0. The molecule has 0 bridgehead atoms. The van der Waals surface area contributed by atoms with Gasteiger partial charge >= 0.3 is 0 Å². The van der Waals surface area contributed by atoms with Gasteiger partial charge in [0.1, 0.15) is 0 Å². The number of aryl methyl sites for hydroxylation is 1. The van der Waals surface area contributed by atoms with Crippen molar-refractivity contribution in [1.82, 2.24) is 0 Å². The fourth-order valence-corrected chi connectivity index (χ4v) is 5.15. The maximum absolute atomic E-state index is 2.55. The summed E-state index contributed by atoms with van der Waals surface area (Å²) in [6.45, 7) is 15.4. The van der Waals surface area contributed by atoms with Crippen molar-refractivity contribution >= 4 is 0 Å². The Kier molecular flexibility index (Phi) is 8.37. The quantitative estimate of drug-likeness (QED) is 0.526. The summed E-state index contributed by atoms with van der Waals surface area (Å²) in [5.41, 5.74) is 3.93. The maximum atomic E-state index is 2.55. The van der Waals surface area contributed by atoms with Crippen molar-refractivity contribution in [2.24, 2.45) is 17.3 Å². The summed E-state index contributed by atoms with van der Waals surface area (Å²) < 4.78 is 0. The van der Waals surface area contributed by atoms with Crippen LogP contribution < -0.4 is 0 Å². The molecule has 0 spiro atoms. The molecule has 0 N–H and O–H groups in total. The largest absolute Gasteiger partial charge is 0.0683 e. The third-order valence-corrected chi connectivity index (χ3v) is 6.40. The van der Waals surface area contributed by atoms with E-state index >= 15 is 0 Å². The van der Waals surface area contributed by atoms with E-state index in [1.807, 2.05) is 27.7 Å². The van der Waals surface area contributed by atoms with Gasteiger partial charge in [0.25, 0.3) is 0 Å². The molecule has 1 saturated carbocycles. The standard InChI is InChI=1S/C19H28.2C2H6/c1-4-18-17-11-10-14-8-6-7-9-15(14)16(17)12-13-19(18,3)5-2;2*1-2/h6-9,16-18H,4-5,10-13H2,1-3H3;2*1-2H3/t16?,17?,18?,19-;;/m0../s1. The molecule has 0 amide bonds. The molecule has 1 aromatic rings. The van der Waals surface area contributed by atoms with E-state index in [4.69, 9.17) is 0 Å². The summed E-state index contributed by atoms with van der Waals surface area (Å²) in [5.74, 6) is 2.73. The molecular formula is C23H40. The molecule has 0 nitrogen and oxygen atoms in total. The van der Waals surface area contributed by atoms with Gasteiger partial charge in [-0.2, -0.15) is 0 Å². The van der Waals surface area contributed by atoms with Crippen LogP contribution in [0.1, 0.15) is 97.6 Å². The zero-order valence-electron chi connectivity index (χ0n) is 16.8. The van der Waals surface area contributed by atoms with Gasteiger partial charge in [0, 0.05) is 0 Å².